The van der Waals surface area contributed by atoms with Crippen molar-refractivity contribution in [2.24, 2.45) is 5.73 Å². The van der Waals surface area contributed by atoms with E-state index < -0.39 is 15.3 Å². The van der Waals surface area contributed by atoms with Gasteiger partial charge < -0.3 is 10.6 Å². The average Bonchev–Trinajstić information content (AvgIpc) is 2.02. The van der Waals surface area contributed by atoms with Gasteiger partial charge in [-0.05, 0) is 27.4 Å². The number of likely N-dealkylation sites (N-methyl/N-ethyl adjacent to an activating group) is 1. The topological polar surface area (TPSA) is 75.4 Å². The van der Waals surface area contributed by atoms with Crippen molar-refractivity contribution in [3.8, 4) is 0 Å². The first-order valence-electron chi connectivity index (χ1n) is 5.19. The van der Waals surface area contributed by atoms with Crippen LogP contribution in [0.1, 0.15) is 20.3 Å². The van der Waals surface area contributed by atoms with Crippen LogP contribution >= 0.6 is 0 Å². The number of hydrogen-bond donors (Lipinski definition) is 2. The van der Waals surface area contributed by atoms with Crippen LogP contribution in [0, 0.1) is 0 Å². The summed E-state index contributed by atoms with van der Waals surface area (Å²) in [5.41, 5.74) is 5.42. The number of nitrogens with two attached hydrogens (primary N) is 1. The van der Waals surface area contributed by atoms with Gasteiger partial charge in [0.25, 0.3) is 0 Å². The van der Waals surface area contributed by atoms with E-state index in [1.807, 2.05) is 32.8 Å². The molecule has 5 nitrogen and oxygen atoms in total. The van der Waals surface area contributed by atoms with Gasteiger partial charge in [-0.15, -0.1) is 0 Å². The van der Waals surface area contributed by atoms with E-state index in [-0.39, 0.29) is 12.6 Å². The van der Waals surface area contributed by atoms with E-state index >= 15 is 0 Å². The van der Waals surface area contributed by atoms with Crippen molar-refractivity contribution in [1.29, 1.82) is 0 Å². The molecule has 0 aromatic rings. The molecule has 92 valence electrons. The second-order valence-corrected chi connectivity index (χ2v) is 6.08. The third-order valence-electron chi connectivity index (χ3n) is 2.16. The summed E-state index contributed by atoms with van der Waals surface area (Å²) < 4.78 is 26.2. The summed E-state index contributed by atoms with van der Waals surface area (Å²) in [7, 11) is 0.547. The Morgan fingerprint density at radius 3 is 2.27 bits per heavy atom. The number of nitrogens with one attached hydrogen (secondary N) is 1. The van der Waals surface area contributed by atoms with E-state index in [1.165, 1.54) is 0 Å². The van der Waals surface area contributed by atoms with Gasteiger partial charge in [0.2, 0.25) is 10.0 Å². The zero-order chi connectivity index (χ0) is 12.1. The molecule has 0 bridgehead atoms. The molecule has 6 heteroatoms. The largest absolute Gasteiger partial charge is 0.329 e. The van der Waals surface area contributed by atoms with Crippen LogP contribution < -0.4 is 10.5 Å². The second kappa shape index (κ2) is 6.42. The third kappa shape index (κ3) is 5.46. The summed E-state index contributed by atoms with van der Waals surface area (Å²) >= 11 is 0. The van der Waals surface area contributed by atoms with Gasteiger partial charge >= 0.3 is 0 Å². The molecule has 0 rings (SSSR count). The van der Waals surface area contributed by atoms with Crippen LogP contribution in [0.3, 0.4) is 0 Å². The second-order valence-electron chi connectivity index (χ2n) is 4.09. The summed E-state index contributed by atoms with van der Waals surface area (Å²) in [6, 6.07) is -0.0920. The molecule has 0 aliphatic rings. The molecule has 15 heavy (non-hydrogen) atoms. The molecule has 2 atom stereocenters. The van der Waals surface area contributed by atoms with Crippen molar-refractivity contribution in [2.45, 2.75) is 31.6 Å². The lowest BCUT2D eigenvalue weighted by Crippen LogP contribution is -2.45. The molecular weight excluding hydrogens is 214 g/mol. The predicted molar refractivity (Wildman–Crippen MR) is 63.2 cm³/mol. The summed E-state index contributed by atoms with van der Waals surface area (Å²) in [5.74, 6) is 0. The monoisotopic (exact) mass is 237 g/mol. The van der Waals surface area contributed by atoms with Gasteiger partial charge in [-0.2, -0.15) is 0 Å². The van der Waals surface area contributed by atoms with Crippen molar-refractivity contribution in [1.82, 2.24) is 9.62 Å². The van der Waals surface area contributed by atoms with Gasteiger partial charge in [0.05, 0.1) is 5.25 Å². The van der Waals surface area contributed by atoms with Crippen molar-refractivity contribution in [2.75, 3.05) is 27.2 Å². The number of hydrogen-bond acceptors (Lipinski definition) is 4. The third-order valence-corrected chi connectivity index (χ3v) is 4.30. The minimum Gasteiger partial charge on any atom is -0.329 e. The molecule has 0 saturated heterocycles. The number of nitrogens with zero attached hydrogens (tertiary/aromatic N) is 1. The molecule has 0 aliphatic heterocycles. The van der Waals surface area contributed by atoms with E-state index in [9.17, 15) is 8.42 Å². The van der Waals surface area contributed by atoms with Crippen molar-refractivity contribution >= 4 is 10.0 Å². The van der Waals surface area contributed by atoms with Crippen molar-refractivity contribution < 1.29 is 8.42 Å². The van der Waals surface area contributed by atoms with Crippen LogP contribution in [-0.4, -0.2) is 51.8 Å². The fourth-order valence-corrected chi connectivity index (χ4v) is 2.99. The maximum atomic E-state index is 11.8. The lowest BCUT2D eigenvalue weighted by atomic mass is 10.3. The predicted octanol–water partition coefficient (Wildman–Crippen LogP) is -0.407. The van der Waals surface area contributed by atoms with Gasteiger partial charge in [0.15, 0.2) is 0 Å². The number of rotatable bonds is 7. The molecule has 0 aromatic heterocycles. The maximum Gasteiger partial charge on any atom is 0.216 e. The molecule has 0 radical (unpaired) electrons. The molecule has 0 aliphatic carbocycles. The zero-order valence-electron chi connectivity index (χ0n) is 10.0. The molecule has 2 unspecified atom stereocenters. The Morgan fingerprint density at radius 2 is 1.93 bits per heavy atom. The average molecular weight is 237 g/mol. The van der Waals surface area contributed by atoms with Gasteiger partial charge in [-0.3, -0.25) is 0 Å². The summed E-state index contributed by atoms with van der Waals surface area (Å²) in [4.78, 5) is 1.94. The zero-order valence-corrected chi connectivity index (χ0v) is 10.8. The first-order valence-corrected chi connectivity index (χ1v) is 6.74. The smallest absolute Gasteiger partial charge is 0.216 e. The first-order chi connectivity index (χ1) is 6.83. The quantitative estimate of drug-likeness (QED) is 0.631. The highest BCUT2D eigenvalue weighted by Gasteiger charge is 2.23. The van der Waals surface area contributed by atoms with Crippen molar-refractivity contribution in [3.05, 3.63) is 0 Å². The molecule has 0 amide bonds. The van der Waals surface area contributed by atoms with E-state index in [1.54, 1.807) is 0 Å². The summed E-state index contributed by atoms with van der Waals surface area (Å²) in [5, 5.41) is -0.484. The van der Waals surface area contributed by atoms with E-state index in [2.05, 4.69) is 4.72 Å². The fourth-order valence-electron chi connectivity index (χ4n) is 1.47. The van der Waals surface area contributed by atoms with Crippen LogP contribution in [0.25, 0.3) is 0 Å². The molecule has 3 N–H and O–H groups in total. The Hall–Kier alpha value is -0.170. The van der Waals surface area contributed by atoms with E-state index in [0.717, 1.165) is 0 Å². The lowest BCUT2D eigenvalue weighted by molar-refractivity contribution is 0.369. The summed E-state index contributed by atoms with van der Waals surface area (Å²) in [6.07, 6.45) is 0.542. The minimum atomic E-state index is -3.27. The highest BCUT2D eigenvalue weighted by Crippen LogP contribution is 2.03. The maximum absolute atomic E-state index is 11.8. The van der Waals surface area contributed by atoms with Gasteiger partial charge in [-0.1, -0.05) is 6.92 Å². The van der Waals surface area contributed by atoms with E-state index in [0.29, 0.717) is 13.0 Å². The SMILES string of the molecule is CCC(CN)S(=O)(=O)NC(C)CN(C)C. The highest BCUT2D eigenvalue weighted by atomic mass is 32.2. The molecular formula is C9H23N3O2S. The van der Waals surface area contributed by atoms with Crippen LogP contribution in [0.2, 0.25) is 0 Å². The van der Waals surface area contributed by atoms with Gasteiger partial charge in [0, 0.05) is 19.1 Å². The lowest BCUT2D eigenvalue weighted by Gasteiger charge is -2.21. The standard InChI is InChI=1S/C9H23N3O2S/c1-5-9(6-10)15(13,14)11-8(2)7-12(3)4/h8-9,11H,5-7,10H2,1-4H3. The minimum absolute atomic E-state index is 0.0920. The van der Waals surface area contributed by atoms with Crippen LogP contribution in [0.5, 0.6) is 0 Å². The highest BCUT2D eigenvalue weighted by molar-refractivity contribution is 7.90. The molecule has 0 aromatic carbocycles. The normalized spacial score (nSPS) is 16.7. The van der Waals surface area contributed by atoms with Gasteiger partial charge in [0.1, 0.15) is 0 Å². The Balaban J connectivity index is 4.36. The first kappa shape index (κ1) is 14.8. The van der Waals surface area contributed by atoms with E-state index in [4.69, 9.17) is 5.73 Å². The molecule has 0 heterocycles. The van der Waals surface area contributed by atoms with Crippen LogP contribution in [-0.2, 0) is 10.0 Å². The molecule has 0 saturated carbocycles. The van der Waals surface area contributed by atoms with Gasteiger partial charge in [-0.25, -0.2) is 13.1 Å². The summed E-state index contributed by atoms with van der Waals surface area (Å²) in [6.45, 7) is 4.52. The Bertz CT molecular complexity index is 261. The Morgan fingerprint density at radius 1 is 1.40 bits per heavy atom. The molecule has 0 fully saturated rings. The Kier molecular flexibility index (Phi) is 6.35. The fraction of sp³-hybridized carbons (Fsp3) is 1.00. The van der Waals surface area contributed by atoms with Crippen LogP contribution in [0.4, 0.5) is 0 Å². The van der Waals surface area contributed by atoms with Crippen molar-refractivity contribution in [3.63, 3.8) is 0 Å². The molecule has 0 spiro atoms. The number of sulfonamides is 1. The Labute approximate surface area is 93.1 Å². The van der Waals surface area contributed by atoms with Crippen LogP contribution in [0.15, 0.2) is 0 Å².